The molecule has 1 aliphatic rings. The van der Waals surface area contributed by atoms with Crippen LogP contribution >= 0.6 is 27.9 Å². The third kappa shape index (κ3) is 2.65. The number of carbonyl (C=O) groups excluding carboxylic acids is 2. The Morgan fingerprint density at radius 1 is 1.25 bits per heavy atom. The second-order valence-corrected chi connectivity index (χ2v) is 5.31. The summed E-state index contributed by atoms with van der Waals surface area (Å²) in [5.74, 6) is 0.478. The van der Waals surface area contributed by atoms with Gasteiger partial charge in [-0.05, 0) is 29.6 Å². The molecule has 2 amide bonds. The molecule has 0 aromatic heterocycles. The first-order valence-electron chi connectivity index (χ1n) is 4.90. The van der Waals surface area contributed by atoms with Gasteiger partial charge < -0.3 is 0 Å². The summed E-state index contributed by atoms with van der Waals surface area (Å²) in [5.41, 5.74) is 1.09. The first kappa shape index (κ1) is 11.7. The standard InChI is InChI=1S/C11H10BrNO2S/c12-9-3-1-2-8(6-9)7-16-13-10(14)4-5-11(13)15/h1-3,6H,4-5,7H2. The molecule has 1 heterocycles. The van der Waals surface area contributed by atoms with Gasteiger partial charge in [-0.1, -0.05) is 28.1 Å². The van der Waals surface area contributed by atoms with Crippen LogP contribution in [0.25, 0.3) is 0 Å². The lowest BCUT2D eigenvalue weighted by molar-refractivity contribution is -0.131. The first-order chi connectivity index (χ1) is 7.66. The number of rotatable bonds is 3. The number of amides is 2. The monoisotopic (exact) mass is 299 g/mol. The molecule has 1 saturated heterocycles. The number of halogens is 1. The highest BCUT2D eigenvalue weighted by molar-refractivity contribution is 9.10. The number of hydrogen-bond donors (Lipinski definition) is 0. The zero-order valence-electron chi connectivity index (χ0n) is 8.48. The van der Waals surface area contributed by atoms with Crippen molar-refractivity contribution in [1.29, 1.82) is 0 Å². The van der Waals surface area contributed by atoms with Crippen molar-refractivity contribution in [2.24, 2.45) is 0 Å². The van der Waals surface area contributed by atoms with Crippen LogP contribution in [0.3, 0.4) is 0 Å². The Morgan fingerprint density at radius 3 is 2.56 bits per heavy atom. The average molecular weight is 300 g/mol. The summed E-state index contributed by atoms with van der Waals surface area (Å²) >= 11 is 4.66. The minimum atomic E-state index is -0.0787. The Morgan fingerprint density at radius 2 is 1.94 bits per heavy atom. The number of imide groups is 1. The van der Waals surface area contributed by atoms with Crippen molar-refractivity contribution >= 4 is 39.7 Å². The van der Waals surface area contributed by atoms with Gasteiger partial charge in [-0.2, -0.15) is 0 Å². The van der Waals surface area contributed by atoms with Crippen LogP contribution in [0, 0.1) is 0 Å². The molecule has 0 bridgehead atoms. The van der Waals surface area contributed by atoms with Crippen molar-refractivity contribution in [2.75, 3.05) is 0 Å². The Labute approximate surface area is 106 Å². The lowest BCUT2D eigenvalue weighted by Gasteiger charge is -2.11. The van der Waals surface area contributed by atoms with E-state index in [0.717, 1.165) is 10.0 Å². The zero-order chi connectivity index (χ0) is 11.5. The summed E-state index contributed by atoms with van der Waals surface area (Å²) in [6, 6.07) is 7.84. The van der Waals surface area contributed by atoms with Crippen LogP contribution in [-0.4, -0.2) is 16.1 Å². The first-order valence-corrected chi connectivity index (χ1v) is 6.63. The second kappa shape index (κ2) is 5.01. The van der Waals surface area contributed by atoms with Gasteiger partial charge in [0, 0.05) is 23.1 Å². The third-order valence-electron chi connectivity index (χ3n) is 2.26. The molecule has 0 radical (unpaired) electrons. The summed E-state index contributed by atoms with van der Waals surface area (Å²) in [6.45, 7) is 0. The molecule has 16 heavy (non-hydrogen) atoms. The smallest absolute Gasteiger partial charge is 0.239 e. The molecule has 3 nitrogen and oxygen atoms in total. The number of carbonyl (C=O) groups is 2. The van der Waals surface area contributed by atoms with Crippen LogP contribution < -0.4 is 0 Å². The van der Waals surface area contributed by atoms with Crippen LogP contribution in [0.5, 0.6) is 0 Å². The van der Waals surface area contributed by atoms with E-state index in [1.165, 1.54) is 16.3 Å². The molecular weight excluding hydrogens is 290 g/mol. The predicted molar refractivity (Wildman–Crippen MR) is 66.5 cm³/mol. The van der Waals surface area contributed by atoms with Crippen molar-refractivity contribution in [3.8, 4) is 0 Å². The van der Waals surface area contributed by atoms with Crippen LogP contribution in [0.1, 0.15) is 18.4 Å². The van der Waals surface area contributed by atoms with E-state index in [4.69, 9.17) is 0 Å². The van der Waals surface area contributed by atoms with Gasteiger partial charge in [0.25, 0.3) is 0 Å². The molecule has 0 saturated carbocycles. The fourth-order valence-corrected chi connectivity index (χ4v) is 2.84. The second-order valence-electron chi connectivity index (χ2n) is 3.49. The average Bonchev–Trinajstić information content (AvgIpc) is 2.56. The molecule has 1 fully saturated rings. The molecule has 0 N–H and O–H groups in total. The lowest BCUT2D eigenvalue weighted by atomic mass is 10.2. The summed E-state index contributed by atoms with van der Waals surface area (Å²) in [4.78, 5) is 22.7. The Bertz CT molecular complexity index is 420. The molecule has 1 aromatic rings. The normalized spacial score (nSPS) is 15.9. The topological polar surface area (TPSA) is 37.4 Å². The largest absolute Gasteiger partial charge is 0.273 e. The number of benzene rings is 1. The van der Waals surface area contributed by atoms with Crippen molar-refractivity contribution < 1.29 is 9.59 Å². The molecule has 1 aliphatic heterocycles. The van der Waals surface area contributed by atoms with E-state index in [1.807, 2.05) is 24.3 Å². The van der Waals surface area contributed by atoms with Crippen LogP contribution in [0.4, 0.5) is 0 Å². The third-order valence-corrected chi connectivity index (χ3v) is 3.88. The highest BCUT2D eigenvalue weighted by atomic mass is 79.9. The van der Waals surface area contributed by atoms with Gasteiger partial charge >= 0.3 is 0 Å². The minimum absolute atomic E-state index is 0.0787. The van der Waals surface area contributed by atoms with E-state index in [-0.39, 0.29) is 11.8 Å². The maximum atomic E-state index is 11.3. The van der Waals surface area contributed by atoms with Crippen LogP contribution in [0.15, 0.2) is 28.7 Å². The Kier molecular flexibility index (Phi) is 3.66. The van der Waals surface area contributed by atoms with E-state index < -0.39 is 0 Å². The molecule has 0 atom stereocenters. The van der Waals surface area contributed by atoms with Crippen LogP contribution in [-0.2, 0) is 15.3 Å². The number of hydrogen-bond acceptors (Lipinski definition) is 3. The molecule has 0 unspecified atom stereocenters. The minimum Gasteiger partial charge on any atom is -0.273 e. The summed E-state index contributed by atoms with van der Waals surface area (Å²) in [6.07, 6.45) is 0.703. The highest BCUT2D eigenvalue weighted by Gasteiger charge is 2.29. The predicted octanol–water partition coefficient (Wildman–Crippen LogP) is 2.75. The van der Waals surface area contributed by atoms with Gasteiger partial charge in [0.15, 0.2) is 0 Å². The van der Waals surface area contributed by atoms with Gasteiger partial charge in [-0.25, -0.2) is 4.31 Å². The lowest BCUT2D eigenvalue weighted by Crippen LogP contribution is -2.21. The van der Waals surface area contributed by atoms with E-state index in [0.29, 0.717) is 18.6 Å². The molecule has 0 aliphatic carbocycles. The van der Waals surface area contributed by atoms with Gasteiger partial charge in [0.1, 0.15) is 0 Å². The van der Waals surface area contributed by atoms with Crippen molar-refractivity contribution in [2.45, 2.75) is 18.6 Å². The van der Waals surface area contributed by atoms with E-state index in [2.05, 4.69) is 15.9 Å². The van der Waals surface area contributed by atoms with E-state index in [9.17, 15) is 9.59 Å². The zero-order valence-corrected chi connectivity index (χ0v) is 10.9. The van der Waals surface area contributed by atoms with Crippen molar-refractivity contribution in [1.82, 2.24) is 4.31 Å². The van der Waals surface area contributed by atoms with Gasteiger partial charge in [-0.15, -0.1) is 0 Å². The quantitative estimate of drug-likeness (QED) is 0.636. The van der Waals surface area contributed by atoms with Crippen molar-refractivity contribution in [3.63, 3.8) is 0 Å². The number of nitrogens with zero attached hydrogens (tertiary/aromatic N) is 1. The Hall–Kier alpha value is -0.810. The Balaban J connectivity index is 1.97. The maximum Gasteiger partial charge on any atom is 0.239 e. The summed E-state index contributed by atoms with van der Waals surface area (Å²) < 4.78 is 2.28. The molecule has 1 aromatic carbocycles. The molecule has 84 valence electrons. The highest BCUT2D eigenvalue weighted by Crippen LogP contribution is 2.25. The van der Waals surface area contributed by atoms with Gasteiger partial charge in [0.2, 0.25) is 11.8 Å². The van der Waals surface area contributed by atoms with Gasteiger partial charge in [-0.3, -0.25) is 9.59 Å². The fourth-order valence-electron chi connectivity index (χ4n) is 1.47. The SMILES string of the molecule is O=C1CCC(=O)N1SCc1cccc(Br)c1. The van der Waals surface area contributed by atoms with Crippen LogP contribution in [0.2, 0.25) is 0 Å². The summed E-state index contributed by atoms with van der Waals surface area (Å²) in [5, 5.41) is 0. The van der Waals surface area contributed by atoms with E-state index >= 15 is 0 Å². The summed E-state index contributed by atoms with van der Waals surface area (Å²) in [7, 11) is 0. The van der Waals surface area contributed by atoms with E-state index in [1.54, 1.807) is 0 Å². The molecule has 0 spiro atoms. The molecule has 5 heteroatoms. The van der Waals surface area contributed by atoms with Gasteiger partial charge in [0.05, 0.1) is 0 Å². The van der Waals surface area contributed by atoms with Crippen molar-refractivity contribution in [3.05, 3.63) is 34.3 Å². The molecular formula is C11H10BrNO2S. The maximum absolute atomic E-state index is 11.3. The fraction of sp³-hybridized carbons (Fsp3) is 0.273. The molecule has 2 rings (SSSR count).